The lowest BCUT2D eigenvalue weighted by molar-refractivity contribution is 0.230. The van der Waals surface area contributed by atoms with Crippen LogP contribution in [0.1, 0.15) is 6.92 Å². The van der Waals surface area contributed by atoms with Crippen LogP contribution in [0.25, 0.3) is 0 Å². The molecule has 0 aromatic carbocycles. The fraction of sp³-hybridized carbons (Fsp3) is 1.00. The van der Waals surface area contributed by atoms with E-state index in [0.717, 1.165) is 0 Å². The van der Waals surface area contributed by atoms with E-state index in [9.17, 15) is 4.39 Å². The van der Waals surface area contributed by atoms with Crippen molar-refractivity contribution >= 4 is 8.56 Å². The Morgan fingerprint density at radius 1 is 1.40 bits per heavy atom. The molecule has 0 aromatic rings. The Hall–Kier alpha value is 0.0669. The fourth-order valence-corrected chi connectivity index (χ4v) is 1.88. The van der Waals surface area contributed by atoms with Gasteiger partial charge >= 0.3 is 8.56 Å². The van der Waals surface area contributed by atoms with Crippen LogP contribution in [-0.2, 0) is 8.85 Å². The van der Waals surface area contributed by atoms with Gasteiger partial charge in [-0.15, -0.1) is 0 Å². The van der Waals surface area contributed by atoms with Crippen molar-refractivity contribution in [2.75, 3.05) is 20.9 Å². The molecule has 0 heterocycles. The van der Waals surface area contributed by atoms with Crippen molar-refractivity contribution in [1.82, 2.24) is 0 Å². The highest BCUT2D eigenvalue weighted by atomic mass is 28.4. The van der Waals surface area contributed by atoms with Crippen molar-refractivity contribution in [3.8, 4) is 0 Å². The van der Waals surface area contributed by atoms with Crippen molar-refractivity contribution in [3.05, 3.63) is 0 Å². The minimum absolute atomic E-state index is 0.0949. The van der Waals surface area contributed by atoms with E-state index in [0.29, 0.717) is 0 Å². The second-order valence-electron chi connectivity index (χ2n) is 2.48. The first kappa shape index (κ1) is 10.1. The summed E-state index contributed by atoms with van der Waals surface area (Å²) < 4.78 is 22.4. The zero-order valence-corrected chi connectivity index (χ0v) is 7.98. The van der Waals surface area contributed by atoms with Gasteiger partial charge in [-0.05, 0) is 6.55 Å². The molecule has 2 nitrogen and oxygen atoms in total. The molecule has 0 aliphatic heterocycles. The Bertz CT molecular complexity index is 95.7. The fourth-order valence-electron chi connectivity index (χ4n) is 0.626. The molecule has 0 aliphatic carbocycles. The molecule has 0 aromatic heterocycles. The Morgan fingerprint density at radius 3 is 1.90 bits per heavy atom. The first-order chi connectivity index (χ1) is 4.60. The normalized spacial score (nSPS) is 15.3. The summed E-state index contributed by atoms with van der Waals surface area (Å²) in [4.78, 5) is 0. The maximum atomic E-state index is 12.1. The molecule has 0 spiro atoms. The number of rotatable bonds is 4. The van der Waals surface area contributed by atoms with E-state index in [1.807, 2.05) is 6.55 Å². The van der Waals surface area contributed by atoms with Gasteiger partial charge in [-0.2, -0.15) is 0 Å². The first-order valence-corrected chi connectivity index (χ1v) is 5.66. The zero-order valence-electron chi connectivity index (χ0n) is 6.98. The first-order valence-electron chi connectivity index (χ1n) is 3.27. The van der Waals surface area contributed by atoms with E-state index in [1.54, 1.807) is 21.1 Å². The van der Waals surface area contributed by atoms with Crippen LogP contribution >= 0.6 is 0 Å². The van der Waals surface area contributed by atoms with Crippen molar-refractivity contribution in [3.63, 3.8) is 0 Å². The third-order valence-corrected chi connectivity index (χ3v) is 5.50. The van der Waals surface area contributed by atoms with Gasteiger partial charge in [0, 0.05) is 19.8 Å². The molecule has 0 radical (unpaired) electrons. The molecule has 0 N–H and O–H groups in total. The van der Waals surface area contributed by atoms with Gasteiger partial charge in [0.05, 0.1) is 6.67 Å². The topological polar surface area (TPSA) is 18.5 Å². The lowest BCUT2D eigenvalue weighted by atomic mass is 10.5. The van der Waals surface area contributed by atoms with E-state index in [-0.39, 0.29) is 12.2 Å². The van der Waals surface area contributed by atoms with Crippen LogP contribution in [0, 0.1) is 0 Å². The van der Waals surface area contributed by atoms with Gasteiger partial charge in [0.25, 0.3) is 0 Å². The third-order valence-electron chi connectivity index (χ3n) is 1.94. The summed E-state index contributed by atoms with van der Waals surface area (Å²) >= 11 is 0. The number of hydrogen-bond acceptors (Lipinski definition) is 2. The van der Waals surface area contributed by atoms with Gasteiger partial charge in [-0.1, -0.05) is 6.92 Å². The van der Waals surface area contributed by atoms with Crippen molar-refractivity contribution in [1.29, 1.82) is 0 Å². The zero-order chi connectivity index (χ0) is 8.20. The van der Waals surface area contributed by atoms with Gasteiger partial charge in [0.15, 0.2) is 0 Å². The summed E-state index contributed by atoms with van der Waals surface area (Å²) in [6, 6.07) is 0. The summed E-state index contributed by atoms with van der Waals surface area (Å²) in [5.74, 6) is 0. The van der Waals surface area contributed by atoms with E-state index < -0.39 is 8.56 Å². The molecule has 0 fully saturated rings. The minimum atomic E-state index is -2.18. The van der Waals surface area contributed by atoms with Gasteiger partial charge in [0.2, 0.25) is 0 Å². The quantitative estimate of drug-likeness (QED) is 0.592. The second kappa shape index (κ2) is 4.05. The summed E-state index contributed by atoms with van der Waals surface area (Å²) in [5, 5.41) is 0. The largest absolute Gasteiger partial charge is 0.398 e. The van der Waals surface area contributed by atoms with Crippen molar-refractivity contribution < 1.29 is 13.2 Å². The lowest BCUT2D eigenvalue weighted by Gasteiger charge is -2.27. The molecule has 4 heteroatoms. The maximum Gasteiger partial charge on any atom is 0.339 e. The average molecular weight is 166 g/mol. The molecule has 0 saturated carbocycles. The smallest absolute Gasteiger partial charge is 0.339 e. The summed E-state index contributed by atoms with van der Waals surface area (Å²) in [5.41, 5.74) is -0.0949. The molecular weight excluding hydrogens is 151 g/mol. The van der Waals surface area contributed by atoms with E-state index in [2.05, 4.69) is 0 Å². The predicted molar refractivity (Wildman–Crippen MR) is 41.0 cm³/mol. The Kier molecular flexibility index (Phi) is 4.08. The van der Waals surface area contributed by atoms with Gasteiger partial charge < -0.3 is 8.85 Å². The van der Waals surface area contributed by atoms with E-state index in [4.69, 9.17) is 8.85 Å². The van der Waals surface area contributed by atoms with Gasteiger partial charge in [-0.3, -0.25) is 4.39 Å². The molecule has 0 bridgehead atoms. The molecule has 10 heavy (non-hydrogen) atoms. The highest BCUT2D eigenvalue weighted by molar-refractivity contribution is 6.67. The SMILES string of the molecule is CO[Si](C)(OC)C(C)CF. The standard InChI is InChI=1S/C6H15FO2Si/c1-6(5-7)10(4,8-2)9-3/h6H,5H2,1-4H3. The lowest BCUT2D eigenvalue weighted by Crippen LogP contribution is -2.41. The number of hydrogen-bond donors (Lipinski definition) is 0. The molecule has 0 rings (SSSR count). The van der Waals surface area contributed by atoms with Crippen LogP contribution in [0.4, 0.5) is 4.39 Å². The summed E-state index contributed by atoms with van der Waals surface area (Å²) in [7, 11) is 0.967. The third kappa shape index (κ3) is 2.04. The monoisotopic (exact) mass is 166 g/mol. The predicted octanol–water partition coefficient (Wildman–Crippen LogP) is 1.71. The van der Waals surface area contributed by atoms with Crippen molar-refractivity contribution in [2.45, 2.75) is 19.0 Å². The molecular formula is C6H15FO2Si. The molecule has 0 aliphatic rings. The van der Waals surface area contributed by atoms with Crippen LogP contribution in [-0.4, -0.2) is 29.5 Å². The van der Waals surface area contributed by atoms with Crippen LogP contribution in [0.2, 0.25) is 12.1 Å². The van der Waals surface area contributed by atoms with Gasteiger partial charge in [-0.25, -0.2) is 0 Å². The van der Waals surface area contributed by atoms with E-state index >= 15 is 0 Å². The molecule has 0 saturated heterocycles. The summed E-state index contributed by atoms with van der Waals surface area (Å²) in [6.45, 7) is 3.29. The second-order valence-corrected chi connectivity index (χ2v) is 6.31. The highest BCUT2D eigenvalue weighted by Crippen LogP contribution is 2.22. The van der Waals surface area contributed by atoms with Crippen LogP contribution < -0.4 is 0 Å². The van der Waals surface area contributed by atoms with Crippen LogP contribution in [0.3, 0.4) is 0 Å². The minimum Gasteiger partial charge on any atom is -0.398 e. The molecule has 0 amide bonds. The highest BCUT2D eigenvalue weighted by Gasteiger charge is 2.36. The Labute approximate surface area is 62.6 Å². The molecule has 62 valence electrons. The summed E-state index contributed by atoms with van der Waals surface area (Å²) in [6.07, 6.45) is 0. The van der Waals surface area contributed by atoms with Gasteiger partial charge in [0.1, 0.15) is 0 Å². The molecule has 1 unspecified atom stereocenters. The number of halogens is 1. The Balaban J connectivity index is 4.02. The Morgan fingerprint density at radius 2 is 1.80 bits per heavy atom. The molecule has 1 atom stereocenters. The maximum absolute atomic E-state index is 12.1. The van der Waals surface area contributed by atoms with Crippen LogP contribution in [0.5, 0.6) is 0 Å². The average Bonchev–Trinajstić information content (AvgIpc) is 2.01. The van der Waals surface area contributed by atoms with Crippen LogP contribution in [0.15, 0.2) is 0 Å². The van der Waals surface area contributed by atoms with E-state index in [1.165, 1.54) is 0 Å². The van der Waals surface area contributed by atoms with Crippen molar-refractivity contribution in [2.24, 2.45) is 0 Å². The number of alkyl halides is 1.